The number of nitrogens with one attached hydrogen (secondary N) is 1. The first-order valence-electron chi connectivity index (χ1n) is 6.67. The lowest BCUT2D eigenvalue weighted by atomic mass is 10.3. The van der Waals surface area contributed by atoms with Gasteiger partial charge in [-0.3, -0.25) is 10.1 Å². The first-order valence-corrected chi connectivity index (χ1v) is 6.67. The van der Waals surface area contributed by atoms with Crippen LogP contribution in [-0.2, 0) is 4.74 Å². The maximum atomic E-state index is 11.1. The maximum Gasteiger partial charge on any atom is 0.329 e. The van der Waals surface area contributed by atoms with Crippen molar-refractivity contribution in [1.29, 1.82) is 5.26 Å². The van der Waals surface area contributed by atoms with Gasteiger partial charge in [-0.15, -0.1) is 0 Å². The average molecular weight is 292 g/mol. The fourth-order valence-electron chi connectivity index (χ4n) is 1.97. The Morgan fingerprint density at radius 2 is 2.52 bits per heavy atom. The Morgan fingerprint density at radius 3 is 3.19 bits per heavy atom. The van der Waals surface area contributed by atoms with Crippen molar-refractivity contribution in [3.63, 3.8) is 0 Å². The molecule has 1 saturated heterocycles. The van der Waals surface area contributed by atoms with Gasteiger partial charge >= 0.3 is 5.69 Å². The molecule has 0 radical (unpaired) electrons. The molecule has 0 spiro atoms. The minimum Gasteiger partial charge on any atom is -0.360 e. The van der Waals surface area contributed by atoms with Gasteiger partial charge in [-0.2, -0.15) is 10.2 Å². The molecule has 1 fully saturated rings. The fourth-order valence-corrected chi connectivity index (χ4v) is 1.97. The highest BCUT2D eigenvalue weighted by molar-refractivity contribution is 5.59. The predicted molar refractivity (Wildman–Crippen MR) is 75.0 cm³/mol. The van der Waals surface area contributed by atoms with Crippen molar-refractivity contribution < 1.29 is 9.66 Å². The highest BCUT2D eigenvalue weighted by Gasteiger charge is 2.28. The molecule has 1 N–H and O–H groups in total. The third-order valence-corrected chi connectivity index (χ3v) is 2.99. The summed E-state index contributed by atoms with van der Waals surface area (Å²) < 4.78 is 5.24. The molecule has 1 aliphatic rings. The van der Waals surface area contributed by atoms with Gasteiger partial charge in [0.2, 0.25) is 11.8 Å². The number of morpholine rings is 1. The molecule has 0 aromatic carbocycles. The Kier molecular flexibility index (Phi) is 4.84. The summed E-state index contributed by atoms with van der Waals surface area (Å²) in [6.07, 6.45) is 1.47. The normalized spacial score (nSPS) is 18.1. The Balaban J connectivity index is 2.29. The number of nitrogens with zero attached hydrogens (tertiary/aromatic N) is 5. The largest absolute Gasteiger partial charge is 0.360 e. The molecule has 2 rings (SSSR count). The zero-order valence-electron chi connectivity index (χ0n) is 11.7. The number of hydrogen-bond acceptors (Lipinski definition) is 8. The topological polar surface area (TPSA) is 117 Å². The van der Waals surface area contributed by atoms with E-state index in [0.717, 1.165) is 6.42 Å². The number of ether oxygens (including phenoxy) is 1. The molecule has 1 aliphatic heterocycles. The van der Waals surface area contributed by atoms with E-state index in [1.54, 1.807) is 4.90 Å². The van der Waals surface area contributed by atoms with E-state index in [4.69, 9.17) is 10.00 Å². The molecule has 21 heavy (non-hydrogen) atoms. The molecule has 112 valence electrons. The van der Waals surface area contributed by atoms with Crippen LogP contribution in [0, 0.1) is 21.4 Å². The zero-order valence-corrected chi connectivity index (χ0v) is 11.7. The second kappa shape index (κ2) is 6.81. The quantitative estimate of drug-likeness (QED) is 0.629. The summed E-state index contributed by atoms with van der Waals surface area (Å²) in [6, 6.07) is 2.01. The minimum atomic E-state index is -0.611. The summed E-state index contributed by atoms with van der Waals surface area (Å²) in [7, 11) is 0. The van der Waals surface area contributed by atoms with Gasteiger partial charge < -0.3 is 15.0 Å². The van der Waals surface area contributed by atoms with Crippen molar-refractivity contribution in [3.8, 4) is 6.07 Å². The summed E-state index contributed by atoms with van der Waals surface area (Å²) in [6.45, 7) is 3.71. The Morgan fingerprint density at radius 1 is 1.71 bits per heavy atom. The van der Waals surface area contributed by atoms with E-state index in [9.17, 15) is 10.1 Å². The first-order chi connectivity index (χ1) is 10.2. The van der Waals surface area contributed by atoms with Crippen molar-refractivity contribution >= 4 is 17.5 Å². The number of aromatic nitrogens is 2. The van der Waals surface area contributed by atoms with Crippen molar-refractivity contribution in [2.24, 2.45) is 0 Å². The zero-order chi connectivity index (χ0) is 15.2. The molecule has 1 atom stereocenters. The van der Waals surface area contributed by atoms with E-state index < -0.39 is 11.0 Å². The monoisotopic (exact) mass is 292 g/mol. The van der Waals surface area contributed by atoms with E-state index in [1.165, 1.54) is 6.20 Å². The highest BCUT2D eigenvalue weighted by atomic mass is 16.6. The third kappa shape index (κ3) is 3.55. The number of nitro groups is 1. The second-order valence-electron chi connectivity index (χ2n) is 4.52. The van der Waals surface area contributed by atoms with Crippen LogP contribution < -0.4 is 10.2 Å². The molecule has 2 heterocycles. The first kappa shape index (κ1) is 14.9. The molecular weight excluding hydrogens is 276 g/mol. The molecule has 9 heteroatoms. The van der Waals surface area contributed by atoms with E-state index >= 15 is 0 Å². The van der Waals surface area contributed by atoms with E-state index in [1.807, 2.05) is 13.0 Å². The molecule has 0 saturated carbocycles. The van der Waals surface area contributed by atoms with Crippen LogP contribution in [0.5, 0.6) is 0 Å². The Hall–Kier alpha value is -2.47. The Bertz CT molecular complexity index is 558. The number of hydrogen-bond donors (Lipinski definition) is 1. The summed E-state index contributed by atoms with van der Waals surface area (Å²) in [5.74, 6) is 0.564. The van der Waals surface area contributed by atoms with Crippen LogP contribution in [0.15, 0.2) is 6.20 Å². The Labute approximate surface area is 121 Å². The van der Waals surface area contributed by atoms with Crippen LogP contribution in [0.1, 0.15) is 13.3 Å². The van der Waals surface area contributed by atoms with Crippen molar-refractivity contribution in [2.75, 3.05) is 36.5 Å². The van der Waals surface area contributed by atoms with Gasteiger partial charge in [0.15, 0.2) is 6.10 Å². The van der Waals surface area contributed by atoms with Gasteiger partial charge in [0, 0.05) is 13.1 Å². The predicted octanol–water partition coefficient (Wildman–Crippen LogP) is 0.935. The standard InChI is InChI=1S/C12H16N6O3/c1-2-3-14-12-15-7-10(18(19)20)11(16-12)17-4-5-21-9(6-13)8-17/h7,9H,2-5,8H2,1H3,(H,14,15,16). The van der Waals surface area contributed by atoms with Gasteiger partial charge in [0.05, 0.1) is 24.1 Å². The molecule has 1 aromatic rings. The van der Waals surface area contributed by atoms with Gasteiger partial charge in [-0.25, -0.2) is 4.98 Å². The van der Waals surface area contributed by atoms with Gasteiger partial charge in [0.25, 0.3) is 0 Å². The summed E-state index contributed by atoms with van der Waals surface area (Å²) in [5, 5.41) is 23.0. The lowest BCUT2D eigenvalue weighted by Crippen LogP contribution is -2.42. The van der Waals surface area contributed by atoms with Crippen molar-refractivity contribution in [1.82, 2.24) is 9.97 Å². The van der Waals surface area contributed by atoms with Crippen LogP contribution in [0.4, 0.5) is 17.5 Å². The molecular formula is C12H16N6O3. The molecule has 1 aromatic heterocycles. The molecule has 1 unspecified atom stereocenters. The van der Waals surface area contributed by atoms with Crippen LogP contribution in [0.25, 0.3) is 0 Å². The maximum absolute atomic E-state index is 11.1. The van der Waals surface area contributed by atoms with Crippen LogP contribution >= 0.6 is 0 Å². The van der Waals surface area contributed by atoms with Gasteiger partial charge in [0.1, 0.15) is 6.20 Å². The molecule has 0 aliphatic carbocycles. The molecule has 9 nitrogen and oxygen atoms in total. The second-order valence-corrected chi connectivity index (χ2v) is 4.52. The van der Waals surface area contributed by atoms with Crippen LogP contribution in [0.2, 0.25) is 0 Å². The van der Waals surface area contributed by atoms with Gasteiger partial charge in [-0.05, 0) is 6.42 Å². The molecule has 0 amide bonds. The smallest absolute Gasteiger partial charge is 0.329 e. The number of rotatable bonds is 5. The fraction of sp³-hybridized carbons (Fsp3) is 0.583. The van der Waals surface area contributed by atoms with Crippen LogP contribution in [0.3, 0.4) is 0 Å². The minimum absolute atomic E-state index is 0.171. The SMILES string of the molecule is CCCNc1ncc([N+](=O)[O-])c(N2CCOC(C#N)C2)n1. The summed E-state index contributed by atoms with van der Waals surface area (Å²) >= 11 is 0. The van der Waals surface area contributed by atoms with Crippen LogP contribution in [-0.4, -0.2) is 47.2 Å². The van der Waals surface area contributed by atoms with Crippen molar-refractivity contribution in [2.45, 2.75) is 19.4 Å². The van der Waals surface area contributed by atoms with Crippen molar-refractivity contribution in [3.05, 3.63) is 16.3 Å². The lowest BCUT2D eigenvalue weighted by Gasteiger charge is -2.30. The van der Waals surface area contributed by atoms with Gasteiger partial charge in [-0.1, -0.05) is 6.92 Å². The number of anilines is 2. The highest BCUT2D eigenvalue weighted by Crippen LogP contribution is 2.27. The molecule has 0 bridgehead atoms. The average Bonchev–Trinajstić information content (AvgIpc) is 2.52. The summed E-state index contributed by atoms with van der Waals surface area (Å²) in [5.41, 5.74) is -0.171. The number of nitriles is 1. The van der Waals surface area contributed by atoms with E-state index in [0.29, 0.717) is 25.6 Å². The van der Waals surface area contributed by atoms with E-state index in [-0.39, 0.29) is 18.1 Å². The summed E-state index contributed by atoms with van der Waals surface area (Å²) in [4.78, 5) is 20.5. The van der Waals surface area contributed by atoms with E-state index in [2.05, 4.69) is 15.3 Å². The third-order valence-electron chi connectivity index (χ3n) is 2.99. The lowest BCUT2D eigenvalue weighted by molar-refractivity contribution is -0.384.